The third-order valence-corrected chi connectivity index (χ3v) is 11.3. The number of ketones is 2. The maximum atomic E-state index is 14.6. The lowest BCUT2D eigenvalue weighted by Crippen LogP contribution is -2.79. The predicted octanol–water partition coefficient (Wildman–Crippen LogP) is 3.92. The van der Waals surface area contributed by atoms with Crippen LogP contribution in [0, 0.1) is 34.5 Å². The van der Waals surface area contributed by atoms with Crippen molar-refractivity contribution in [3.8, 4) is 11.5 Å². The summed E-state index contributed by atoms with van der Waals surface area (Å²) >= 11 is 0. The molecule has 2 fully saturated rings. The molecule has 0 aliphatic heterocycles. The highest BCUT2D eigenvalue weighted by molar-refractivity contribution is 6.09. The Balaban J connectivity index is 1.50. The Bertz CT molecular complexity index is 1760. The van der Waals surface area contributed by atoms with E-state index < -0.39 is 87.8 Å². The van der Waals surface area contributed by atoms with Crippen molar-refractivity contribution in [3.05, 3.63) is 52.6 Å². The van der Waals surface area contributed by atoms with Gasteiger partial charge in [0.05, 0.1) is 17.6 Å². The van der Waals surface area contributed by atoms with Crippen LogP contribution in [-0.4, -0.2) is 68.1 Å². The summed E-state index contributed by atoms with van der Waals surface area (Å²) in [6, 6.07) is 5.33. The van der Waals surface area contributed by atoms with Crippen LogP contribution in [0.3, 0.4) is 0 Å². The number of amides is 3. The number of phenols is 1. The van der Waals surface area contributed by atoms with Crippen LogP contribution >= 0.6 is 0 Å². The van der Waals surface area contributed by atoms with Gasteiger partial charge in [0.2, 0.25) is 5.91 Å². The van der Waals surface area contributed by atoms with Crippen LogP contribution in [0.1, 0.15) is 80.9 Å². The first-order valence-electron chi connectivity index (χ1n) is 16.7. The normalized spacial score (nSPS) is 31.8. The van der Waals surface area contributed by atoms with E-state index in [9.17, 15) is 52.8 Å². The van der Waals surface area contributed by atoms with Gasteiger partial charge in [0.1, 0.15) is 23.5 Å². The number of Topliss-reactive ketones (excluding diaryl/α,β-unsaturated/α-hetero) is 2. The van der Waals surface area contributed by atoms with E-state index in [1.165, 1.54) is 12.1 Å². The minimum absolute atomic E-state index is 0.00558. The number of nitrogens with two attached hydrogens (primary N) is 1. The van der Waals surface area contributed by atoms with E-state index in [2.05, 4.69) is 15.4 Å². The quantitative estimate of drug-likeness (QED) is 0.207. The number of phenolic OH excluding ortho intramolecular Hbond substituents is 1. The van der Waals surface area contributed by atoms with Gasteiger partial charge in [-0.2, -0.15) is 0 Å². The molecule has 8 atom stereocenters. The molecule has 0 aromatic heterocycles. The second-order valence-electron chi connectivity index (χ2n) is 15.3. The number of hydrogen-bond acceptors (Lipinski definition) is 9. The Hall–Kier alpha value is -4.21. The van der Waals surface area contributed by atoms with E-state index in [0.29, 0.717) is 11.1 Å². The van der Waals surface area contributed by atoms with Gasteiger partial charge in [-0.3, -0.25) is 14.4 Å². The molecule has 2 saturated carbocycles. The Morgan fingerprint density at radius 1 is 1.08 bits per heavy atom. The average molecular weight is 720 g/mol. The number of halogens is 3. The molecule has 12 nitrogen and oxygen atoms in total. The first-order valence-corrected chi connectivity index (χ1v) is 16.7. The SMILES string of the molecule is CC(C)c1cc(CNC(=O)Nc2ccc(OC(F)(F)F)cc2)c(O)c2c1C[C@]1(C)C[C@]3(C)[C@@H](C(C)C)C(O)[C@@H](C(N)=O)C(=O)[C@]3(O)C(O)[C@H]1C2=O. The molecule has 278 valence electrons. The molecule has 0 radical (unpaired) electrons. The molecule has 2 aromatic carbocycles. The van der Waals surface area contributed by atoms with Crippen LogP contribution in [-0.2, 0) is 22.6 Å². The number of hydrogen-bond donors (Lipinski definition) is 7. The number of carbonyl (C=O) groups is 4. The molecule has 3 aliphatic carbocycles. The minimum atomic E-state index is -4.88. The van der Waals surface area contributed by atoms with Crippen LogP contribution in [0.4, 0.5) is 23.7 Å². The molecule has 2 aromatic rings. The average Bonchev–Trinajstić information content (AvgIpc) is 2.98. The number of aromatic hydroxyl groups is 1. The smallest absolute Gasteiger partial charge is 0.507 e. The summed E-state index contributed by atoms with van der Waals surface area (Å²) in [6.45, 7) is 10.4. The molecule has 15 heteroatoms. The van der Waals surface area contributed by atoms with Crippen molar-refractivity contribution in [2.75, 3.05) is 5.32 Å². The van der Waals surface area contributed by atoms with Gasteiger partial charge < -0.3 is 41.5 Å². The van der Waals surface area contributed by atoms with Crippen molar-refractivity contribution < 1.29 is 57.5 Å². The highest BCUT2D eigenvalue weighted by atomic mass is 19.4. The largest absolute Gasteiger partial charge is 0.573 e. The topological polar surface area (TPSA) is 209 Å². The Labute approximate surface area is 292 Å². The molecule has 5 rings (SSSR count). The van der Waals surface area contributed by atoms with Crippen molar-refractivity contribution in [1.29, 1.82) is 0 Å². The van der Waals surface area contributed by atoms with Crippen LogP contribution in [0.15, 0.2) is 30.3 Å². The number of fused-ring (bicyclic) bond motifs is 3. The van der Waals surface area contributed by atoms with Crippen LogP contribution < -0.4 is 21.1 Å². The highest BCUT2D eigenvalue weighted by Crippen LogP contribution is 2.66. The zero-order valence-electron chi connectivity index (χ0n) is 29.1. The number of ether oxygens (including phenoxy) is 1. The number of anilines is 1. The number of urea groups is 1. The molecule has 0 heterocycles. The molecule has 0 saturated heterocycles. The zero-order chi connectivity index (χ0) is 38.2. The fourth-order valence-electron chi connectivity index (χ4n) is 9.43. The molecule has 0 bridgehead atoms. The van der Waals surface area contributed by atoms with Gasteiger partial charge in [-0.15, -0.1) is 13.2 Å². The van der Waals surface area contributed by atoms with Gasteiger partial charge >= 0.3 is 12.4 Å². The third kappa shape index (κ3) is 6.12. The van der Waals surface area contributed by atoms with Crippen molar-refractivity contribution in [3.63, 3.8) is 0 Å². The first kappa shape index (κ1) is 38.0. The summed E-state index contributed by atoms with van der Waals surface area (Å²) in [6.07, 6.45) is -8.29. The Morgan fingerprint density at radius 2 is 1.69 bits per heavy atom. The summed E-state index contributed by atoms with van der Waals surface area (Å²) in [5.74, 6) is -8.67. The second-order valence-corrected chi connectivity index (χ2v) is 15.3. The maximum absolute atomic E-state index is 14.6. The minimum Gasteiger partial charge on any atom is -0.507 e. The lowest BCUT2D eigenvalue weighted by molar-refractivity contribution is -0.274. The number of aliphatic hydroxyl groups is 3. The molecule has 3 amide bonds. The molecular formula is C36H44F3N3O9. The van der Waals surface area contributed by atoms with E-state index in [4.69, 9.17) is 5.73 Å². The third-order valence-electron chi connectivity index (χ3n) is 11.3. The summed E-state index contributed by atoms with van der Waals surface area (Å²) in [5.41, 5.74) is 1.69. The van der Waals surface area contributed by atoms with E-state index >= 15 is 0 Å². The highest BCUT2D eigenvalue weighted by Gasteiger charge is 2.76. The van der Waals surface area contributed by atoms with E-state index in [1.54, 1.807) is 33.8 Å². The monoisotopic (exact) mass is 719 g/mol. The van der Waals surface area contributed by atoms with Crippen molar-refractivity contribution in [2.24, 2.45) is 40.2 Å². The van der Waals surface area contributed by atoms with Gasteiger partial charge in [-0.05, 0) is 77.5 Å². The van der Waals surface area contributed by atoms with Crippen LogP contribution in [0.5, 0.6) is 11.5 Å². The number of aliphatic hydroxyl groups excluding tert-OH is 2. The fraction of sp³-hybridized carbons (Fsp3) is 0.556. The number of nitrogens with one attached hydrogen (secondary N) is 2. The lowest BCUT2D eigenvalue weighted by Gasteiger charge is -2.66. The molecular weight excluding hydrogens is 675 g/mol. The number of carbonyl (C=O) groups excluding carboxylic acids is 4. The number of primary amides is 1. The zero-order valence-corrected chi connectivity index (χ0v) is 29.1. The molecule has 2 unspecified atom stereocenters. The summed E-state index contributed by atoms with van der Waals surface area (Å²) in [7, 11) is 0. The summed E-state index contributed by atoms with van der Waals surface area (Å²) in [4.78, 5) is 53.7. The van der Waals surface area contributed by atoms with Gasteiger partial charge in [0, 0.05) is 23.2 Å². The van der Waals surface area contributed by atoms with E-state index in [0.717, 1.165) is 12.1 Å². The van der Waals surface area contributed by atoms with Crippen LogP contribution in [0.2, 0.25) is 0 Å². The standard InChI is InChI=1S/C36H44F3N3O9/c1-15(2)20-11-17(13-41-32(49)42-18-7-9-19(10-8-18)51-36(37,38)39)26(43)22-21(20)12-33(5)14-34(6)24(16(3)4)28(45)23(31(40)48)29(46)35(34,50)30(47)25(33)27(22)44/h7-11,15-16,23-25,28,30,43,45,47,50H,12-14H2,1-6H3,(H2,40,48)(H2,41,42,49)/t23-,24+,25-,28?,30?,33-,34-,35+/m1/s1. The number of rotatable bonds is 7. The fourth-order valence-corrected chi connectivity index (χ4v) is 9.43. The summed E-state index contributed by atoms with van der Waals surface area (Å²) < 4.78 is 41.3. The van der Waals surface area contributed by atoms with Gasteiger partial charge in [0.15, 0.2) is 17.2 Å². The number of alkyl halides is 3. The maximum Gasteiger partial charge on any atom is 0.573 e. The van der Waals surface area contributed by atoms with Gasteiger partial charge in [-0.25, -0.2) is 4.79 Å². The van der Waals surface area contributed by atoms with Gasteiger partial charge in [-0.1, -0.05) is 41.5 Å². The van der Waals surface area contributed by atoms with Crippen molar-refractivity contribution in [2.45, 2.75) is 91.0 Å². The number of benzene rings is 2. The van der Waals surface area contributed by atoms with E-state index in [1.807, 2.05) is 13.8 Å². The van der Waals surface area contributed by atoms with Gasteiger partial charge in [0.25, 0.3) is 0 Å². The Kier molecular flexibility index (Phi) is 9.53. The summed E-state index contributed by atoms with van der Waals surface area (Å²) in [5, 5.41) is 52.3. The predicted molar refractivity (Wildman–Crippen MR) is 177 cm³/mol. The van der Waals surface area contributed by atoms with Crippen LogP contribution in [0.25, 0.3) is 0 Å². The Morgan fingerprint density at radius 3 is 2.22 bits per heavy atom. The molecule has 3 aliphatic rings. The van der Waals surface area contributed by atoms with Crippen molar-refractivity contribution >= 4 is 29.2 Å². The molecule has 8 N–H and O–H groups in total. The second kappa shape index (κ2) is 12.8. The lowest BCUT2D eigenvalue weighted by atomic mass is 9.39. The molecule has 51 heavy (non-hydrogen) atoms. The van der Waals surface area contributed by atoms with E-state index in [-0.39, 0.29) is 48.0 Å². The first-order chi connectivity index (χ1) is 23.5. The molecule has 0 spiro atoms. The van der Waals surface area contributed by atoms with Crippen molar-refractivity contribution in [1.82, 2.24) is 5.32 Å².